The van der Waals surface area contributed by atoms with Crippen molar-refractivity contribution in [1.29, 1.82) is 5.26 Å². The Balaban J connectivity index is 1.79. The van der Waals surface area contributed by atoms with E-state index in [0.717, 1.165) is 5.56 Å². The van der Waals surface area contributed by atoms with Crippen LogP contribution in [0.3, 0.4) is 0 Å². The van der Waals surface area contributed by atoms with E-state index >= 15 is 0 Å². The highest BCUT2D eigenvalue weighted by Gasteiger charge is 2.15. The maximum atomic E-state index is 12.6. The molecule has 0 saturated heterocycles. The Hall–Kier alpha value is -4.69. The summed E-state index contributed by atoms with van der Waals surface area (Å²) in [6.45, 7) is 0.146. The second-order valence-corrected chi connectivity index (χ2v) is 8.10. The fourth-order valence-electron chi connectivity index (χ4n) is 3.04. The minimum Gasteiger partial charge on any atom is -0.493 e. The maximum Gasteiger partial charge on any atom is 0.335 e. The van der Waals surface area contributed by atoms with Crippen LogP contribution in [-0.4, -0.2) is 29.0 Å². The smallest absolute Gasteiger partial charge is 0.335 e. The number of hydrogen-bond donors (Lipinski definition) is 2. The van der Waals surface area contributed by atoms with Gasteiger partial charge in [-0.25, -0.2) is 4.79 Å². The zero-order valence-electron chi connectivity index (χ0n) is 18.7. The van der Waals surface area contributed by atoms with Crippen LogP contribution in [0.4, 0.5) is 11.4 Å². The Bertz CT molecular complexity index is 1400. The van der Waals surface area contributed by atoms with Crippen LogP contribution in [0.2, 0.25) is 0 Å². The SMILES string of the molecule is COc1cc(/C=C(\C#N)C(=O)Nc2cccc([N+](=O)[O-])c2)c(Br)cc1OCc1ccc(C(=O)O)cc1. The number of carboxylic acid groups (broad SMARTS) is 1. The van der Waals surface area contributed by atoms with Crippen molar-refractivity contribution < 1.29 is 29.1 Å². The van der Waals surface area contributed by atoms with Crippen LogP contribution >= 0.6 is 15.9 Å². The molecule has 0 radical (unpaired) electrons. The fourth-order valence-corrected chi connectivity index (χ4v) is 3.48. The Kier molecular flexibility index (Phi) is 8.38. The van der Waals surface area contributed by atoms with E-state index in [0.29, 0.717) is 21.5 Å². The quantitative estimate of drug-likeness (QED) is 0.159. The molecule has 0 heterocycles. The predicted octanol–water partition coefficient (Wildman–Crippen LogP) is 5.19. The normalized spacial score (nSPS) is 10.8. The number of anilines is 1. The van der Waals surface area contributed by atoms with E-state index in [1.165, 1.54) is 49.6 Å². The third kappa shape index (κ3) is 6.46. The molecule has 0 saturated carbocycles. The molecule has 0 atom stereocenters. The number of ether oxygens (including phenoxy) is 2. The lowest BCUT2D eigenvalue weighted by Crippen LogP contribution is -2.13. The molecule has 0 spiro atoms. The molecule has 182 valence electrons. The molecular weight excluding hydrogens is 534 g/mol. The van der Waals surface area contributed by atoms with Crippen molar-refractivity contribution in [2.45, 2.75) is 6.61 Å². The van der Waals surface area contributed by atoms with Gasteiger partial charge in [0.2, 0.25) is 0 Å². The van der Waals surface area contributed by atoms with Gasteiger partial charge in [0.25, 0.3) is 11.6 Å². The molecule has 2 N–H and O–H groups in total. The zero-order valence-corrected chi connectivity index (χ0v) is 20.3. The first kappa shape index (κ1) is 25.9. The number of nitriles is 1. The lowest BCUT2D eigenvalue weighted by molar-refractivity contribution is -0.384. The number of non-ortho nitro benzene ring substituents is 1. The molecule has 3 aromatic carbocycles. The molecule has 0 aliphatic rings. The van der Waals surface area contributed by atoms with E-state index < -0.39 is 16.8 Å². The fraction of sp³-hybridized carbons (Fsp3) is 0.0800. The molecule has 0 fully saturated rings. The average molecular weight is 552 g/mol. The molecule has 0 aliphatic carbocycles. The van der Waals surface area contributed by atoms with Gasteiger partial charge in [-0.1, -0.05) is 34.1 Å². The molecule has 36 heavy (non-hydrogen) atoms. The number of nitro groups is 1. The number of rotatable bonds is 9. The maximum absolute atomic E-state index is 12.6. The number of aromatic carboxylic acids is 1. The Morgan fingerprint density at radius 3 is 2.50 bits per heavy atom. The van der Waals surface area contributed by atoms with E-state index in [2.05, 4.69) is 21.2 Å². The van der Waals surface area contributed by atoms with Crippen molar-refractivity contribution >= 4 is 45.3 Å². The van der Waals surface area contributed by atoms with Gasteiger partial charge >= 0.3 is 5.97 Å². The molecule has 0 unspecified atom stereocenters. The first-order valence-electron chi connectivity index (χ1n) is 10.2. The summed E-state index contributed by atoms with van der Waals surface area (Å²) in [6, 6.07) is 16.6. The van der Waals surface area contributed by atoms with Crippen molar-refractivity contribution in [3.63, 3.8) is 0 Å². The number of amides is 1. The lowest BCUT2D eigenvalue weighted by Gasteiger charge is -2.13. The van der Waals surface area contributed by atoms with Crippen molar-refractivity contribution in [3.05, 3.63) is 97.5 Å². The van der Waals surface area contributed by atoms with Crippen molar-refractivity contribution in [2.75, 3.05) is 12.4 Å². The summed E-state index contributed by atoms with van der Waals surface area (Å²) in [5.41, 5.74) is 1.10. The standard InChI is InChI=1S/C25H18BrN3O7/c1-35-22-10-17(9-18(13-27)24(30)28-19-3-2-4-20(11-19)29(33)34)21(26)12-23(22)36-14-15-5-7-16(8-6-15)25(31)32/h2-12H,14H2,1H3,(H,28,30)(H,31,32)/b18-9+. The van der Waals surface area contributed by atoms with Gasteiger partial charge in [-0.2, -0.15) is 5.26 Å². The van der Waals surface area contributed by atoms with Crippen molar-refractivity contribution in [1.82, 2.24) is 0 Å². The summed E-state index contributed by atoms with van der Waals surface area (Å²) in [4.78, 5) is 33.9. The van der Waals surface area contributed by atoms with Crippen LogP contribution in [0.5, 0.6) is 11.5 Å². The zero-order chi connectivity index (χ0) is 26.2. The highest BCUT2D eigenvalue weighted by Crippen LogP contribution is 2.35. The van der Waals surface area contributed by atoms with Crippen molar-refractivity contribution in [2.24, 2.45) is 0 Å². The monoisotopic (exact) mass is 551 g/mol. The molecule has 3 rings (SSSR count). The highest BCUT2D eigenvalue weighted by molar-refractivity contribution is 9.10. The number of carbonyl (C=O) groups is 2. The largest absolute Gasteiger partial charge is 0.493 e. The molecule has 10 nitrogen and oxygen atoms in total. The minimum atomic E-state index is -1.02. The Morgan fingerprint density at radius 1 is 1.17 bits per heavy atom. The van der Waals surface area contributed by atoms with E-state index in [-0.39, 0.29) is 29.1 Å². The molecule has 1 amide bonds. The van der Waals surface area contributed by atoms with Crippen LogP contribution in [-0.2, 0) is 11.4 Å². The number of carbonyl (C=O) groups excluding carboxylic acids is 1. The van der Waals surface area contributed by atoms with Gasteiger partial charge in [0.05, 0.1) is 17.6 Å². The number of methoxy groups -OCH3 is 1. The minimum absolute atomic E-state index is 0.146. The van der Waals surface area contributed by atoms with Gasteiger partial charge in [0.15, 0.2) is 11.5 Å². The van der Waals surface area contributed by atoms with Crippen LogP contribution in [0.25, 0.3) is 6.08 Å². The van der Waals surface area contributed by atoms with Gasteiger partial charge < -0.3 is 19.9 Å². The lowest BCUT2D eigenvalue weighted by atomic mass is 10.1. The summed E-state index contributed by atoms with van der Waals surface area (Å²) in [7, 11) is 1.44. The van der Waals surface area contributed by atoms with Crippen LogP contribution in [0.1, 0.15) is 21.5 Å². The van der Waals surface area contributed by atoms with E-state index in [1.807, 2.05) is 6.07 Å². The van der Waals surface area contributed by atoms with Gasteiger partial charge in [-0.15, -0.1) is 0 Å². The second-order valence-electron chi connectivity index (χ2n) is 7.25. The highest BCUT2D eigenvalue weighted by atomic mass is 79.9. The molecule has 0 aliphatic heterocycles. The third-order valence-corrected chi connectivity index (χ3v) is 5.54. The van der Waals surface area contributed by atoms with Crippen LogP contribution in [0, 0.1) is 21.4 Å². The molecule has 11 heteroatoms. The molecule has 0 aromatic heterocycles. The van der Waals surface area contributed by atoms with E-state index in [1.54, 1.807) is 24.3 Å². The topological polar surface area (TPSA) is 152 Å². The number of benzene rings is 3. The van der Waals surface area contributed by atoms with Gasteiger partial charge in [-0.3, -0.25) is 14.9 Å². The second kappa shape index (κ2) is 11.6. The summed E-state index contributed by atoms with van der Waals surface area (Å²) in [5, 5.41) is 31.9. The van der Waals surface area contributed by atoms with Crippen LogP contribution < -0.4 is 14.8 Å². The van der Waals surface area contributed by atoms with Gasteiger partial charge in [-0.05, 0) is 47.5 Å². The first-order valence-corrected chi connectivity index (χ1v) is 11.0. The first-order chi connectivity index (χ1) is 17.2. The third-order valence-electron chi connectivity index (χ3n) is 4.86. The number of nitrogens with one attached hydrogen (secondary N) is 1. The number of carboxylic acids is 1. The average Bonchev–Trinajstić information content (AvgIpc) is 2.87. The summed E-state index contributed by atoms with van der Waals surface area (Å²) in [5.74, 6) is -1.05. The van der Waals surface area contributed by atoms with Gasteiger partial charge in [0.1, 0.15) is 18.2 Å². The molecular formula is C25H18BrN3O7. The number of nitro benzene ring substituents is 1. The number of halogens is 1. The van der Waals surface area contributed by atoms with E-state index in [4.69, 9.17) is 14.6 Å². The van der Waals surface area contributed by atoms with Crippen LogP contribution in [0.15, 0.2) is 70.7 Å². The summed E-state index contributed by atoms with van der Waals surface area (Å²) < 4.78 is 11.7. The predicted molar refractivity (Wildman–Crippen MR) is 134 cm³/mol. The summed E-state index contributed by atoms with van der Waals surface area (Å²) in [6.07, 6.45) is 1.34. The van der Waals surface area contributed by atoms with Crippen molar-refractivity contribution in [3.8, 4) is 17.6 Å². The summed E-state index contributed by atoms with van der Waals surface area (Å²) >= 11 is 3.40. The Labute approximate surface area is 213 Å². The van der Waals surface area contributed by atoms with Gasteiger partial charge in [0, 0.05) is 22.3 Å². The number of hydrogen-bond acceptors (Lipinski definition) is 7. The van der Waals surface area contributed by atoms with E-state index in [9.17, 15) is 25.0 Å². The molecule has 0 bridgehead atoms. The number of nitrogens with zero attached hydrogens (tertiary/aromatic N) is 2. The molecule has 3 aromatic rings. The Morgan fingerprint density at radius 2 is 1.89 bits per heavy atom.